The quantitative estimate of drug-likeness (QED) is 0.652. The molecule has 1 fully saturated rings. The first-order valence-corrected chi connectivity index (χ1v) is 10.9. The van der Waals surface area contributed by atoms with Gasteiger partial charge in [-0.25, -0.2) is 4.68 Å². The molecule has 1 saturated heterocycles. The summed E-state index contributed by atoms with van der Waals surface area (Å²) in [6, 6.07) is 18.3. The molecule has 5 nitrogen and oxygen atoms in total. The SMILES string of the molecule is Cc1c(CN[C@@H]2CCCN(Cc3ccc(Cl)cc3)C2)c(=O)n(-c2ccccc2)n1C. The van der Waals surface area contributed by atoms with E-state index >= 15 is 0 Å². The van der Waals surface area contributed by atoms with Gasteiger partial charge < -0.3 is 5.32 Å². The smallest absolute Gasteiger partial charge is 0.276 e. The van der Waals surface area contributed by atoms with Gasteiger partial charge >= 0.3 is 0 Å². The monoisotopic (exact) mass is 424 g/mol. The zero-order chi connectivity index (χ0) is 21.1. The zero-order valence-electron chi connectivity index (χ0n) is 17.6. The molecule has 0 unspecified atom stereocenters. The van der Waals surface area contributed by atoms with Gasteiger partial charge in [0, 0.05) is 43.4 Å². The fourth-order valence-electron chi connectivity index (χ4n) is 4.29. The predicted octanol–water partition coefficient (Wildman–Crippen LogP) is 3.89. The van der Waals surface area contributed by atoms with Gasteiger partial charge in [-0.05, 0) is 56.1 Å². The standard InChI is InChI=1S/C24H29ClN4O/c1-18-23(24(30)29(27(18)2)22-8-4-3-5-9-22)15-26-21-7-6-14-28(17-21)16-19-10-12-20(25)13-11-19/h3-5,8-13,21,26H,6-7,14-17H2,1-2H3/t21-/m1/s1. The first kappa shape index (κ1) is 20.9. The summed E-state index contributed by atoms with van der Waals surface area (Å²) in [5.41, 5.74) is 4.08. The van der Waals surface area contributed by atoms with E-state index < -0.39 is 0 Å². The fraction of sp³-hybridized carbons (Fsp3) is 0.375. The highest BCUT2D eigenvalue weighted by molar-refractivity contribution is 6.30. The first-order valence-electron chi connectivity index (χ1n) is 10.6. The molecule has 2 aromatic carbocycles. The molecule has 158 valence electrons. The van der Waals surface area contributed by atoms with Gasteiger partial charge in [-0.1, -0.05) is 41.9 Å². The fourth-order valence-corrected chi connectivity index (χ4v) is 4.41. The van der Waals surface area contributed by atoms with E-state index in [9.17, 15) is 4.79 Å². The number of rotatable bonds is 6. The molecule has 0 amide bonds. The molecule has 30 heavy (non-hydrogen) atoms. The number of nitrogens with one attached hydrogen (secondary N) is 1. The molecule has 0 aliphatic carbocycles. The lowest BCUT2D eigenvalue weighted by Crippen LogP contribution is -2.45. The van der Waals surface area contributed by atoms with Crippen molar-refractivity contribution in [1.29, 1.82) is 0 Å². The molecule has 2 heterocycles. The van der Waals surface area contributed by atoms with Crippen molar-refractivity contribution in [3.63, 3.8) is 0 Å². The topological polar surface area (TPSA) is 42.2 Å². The highest BCUT2D eigenvalue weighted by Crippen LogP contribution is 2.17. The molecule has 0 saturated carbocycles. The Labute approximate surface area is 182 Å². The van der Waals surface area contributed by atoms with Crippen molar-refractivity contribution in [2.45, 2.75) is 38.9 Å². The van der Waals surface area contributed by atoms with Crippen LogP contribution in [-0.4, -0.2) is 33.4 Å². The van der Waals surface area contributed by atoms with Gasteiger partial charge in [0.15, 0.2) is 0 Å². The average molecular weight is 425 g/mol. The minimum Gasteiger partial charge on any atom is -0.308 e. The maximum Gasteiger partial charge on any atom is 0.276 e. The summed E-state index contributed by atoms with van der Waals surface area (Å²) in [4.78, 5) is 15.6. The molecule has 1 N–H and O–H groups in total. The Morgan fingerprint density at radius 2 is 1.83 bits per heavy atom. The van der Waals surface area contributed by atoms with E-state index in [1.807, 2.05) is 61.1 Å². The Balaban J connectivity index is 1.42. The highest BCUT2D eigenvalue weighted by atomic mass is 35.5. The van der Waals surface area contributed by atoms with Gasteiger partial charge in [-0.2, -0.15) is 0 Å². The van der Waals surface area contributed by atoms with Crippen molar-refractivity contribution in [2.75, 3.05) is 13.1 Å². The van der Waals surface area contributed by atoms with Gasteiger partial charge in [-0.3, -0.25) is 14.4 Å². The molecule has 1 aromatic heterocycles. The van der Waals surface area contributed by atoms with Gasteiger partial charge in [0.05, 0.1) is 11.3 Å². The summed E-state index contributed by atoms with van der Waals surface area (Å²) in [5, 5.41) is 4.42. The van der Waals surface area contributed by atoms with Gasteiger partial charge in [0.25, 0.3) is 5.56 Å². The summed E-state index contributed by atoms with van der Waals surface area (Å²) in [6.07, 6.45) is 2.29. The van der Waals surface area contributed by atoms with E-state index in [1.54, 1.807) is 4.68 Å². The van der Waals surface area contributed by atoms with Crippen LogP contribution < -0.4 is 10.9 Å². The summed E-state index contributed by atoms with van der Waals surface area (Å²) >= 11 is 6.00. The second-order valence-electron chi connectivity index (χ2n) is 8.12. The second-order valence-corrected chi connectivity index (χ2v) is 8.56. The van der Waals surface area contributed by atoms with Crippen LogP contribution in [-0.2, 0) is 20.1 Å². The Morgan fingerprint density at radius 1 is 1.10 bits per heavy atom. The Morgan fingerprint density at radius 3 is 2.57 bits per heavy atom. The van der Waals surface area contributed by atoms with Crippen molar-refractivity contribution in [1.82, 2.24) is 19.6 Å². The van der Waals surface area contributed by atoms with E-state index in [4.69, 9.17) is 11.6 Å². The van der Waals surface area contributed by atoms with Crippen LogP contribution in [0.5, 0.6) is 0 Å². The van der Waals surface area contributed by atoms with Crippen molar-refractivity contribution in [3.8, 4) is 5.69 Å². The zero-order valence-corrected chi connectivity index (χ0v) is 18.4. The number of halogens is 1. The normalized spacial score (nSPS) is 17.4. The molecule has 6 heteroatoms. The minimum absolute atomic E-state index is 0.0579. The Hall–Kier alpha value is -2.34. The summed E-state index contributed by atoms with van der Waals surface area (Å²) in [7, 11) is 1.95. The van der Waals surface area contributed by atoms with E-state index in [1.165, 1.54) is 5.56 Å². The maximum absolute atomic E-state index is 13.1. The number of nitrogens with zero attached hydrogens (tertiary/aromatic N) is 3. The van der Waals surface area contributed by atoms with Crippen LogP contribution in [0.25, 0.3) is 5.69 Å². The number of hydrogen-bond acceptors (Lipinski definition) is 3. The van der Waals surface area contributed by atoms with Gasteiger partial charge in [0.2, 0.25) is 0 Å². The van der Waals surface area contributed by atoms with Crippen molar-refractivity contribution >= 4 is 11.6 Å². The van der Waals surface area contributed by atoms with Crippen LogP contribution in [0.4, 0.5) is 0 Å². The highest BCUT2D eigenvalue weighted by Gasteiger charge is 2.22. The summed E-state index contributed by atoms with van der Waals surface area (Å²) < 4.78 is 3.70. The lowest BCUT2D eigenvalue weighted by atomic mass is 10.0. The summed E-state index contributed by atoms with van der Waals surface area (Å²) in [5.74, 6) is 0. The number of para-hydroxylation sites is 1. The number of likely N-dealkylation sites (tertiary alicyclic amines) is 1. The molecule has 1 aliphatic heterocycles. The lowest BCUT2D eigenvalue weighted by molar-refractivity contribution is 0.182. The molecule has 4 rings (SSSR count). The van der Waals surface area contributed by atoms with E-state index in [0.29, 0.717) is 12.6 Å². The summed E-state index contributed by atoms with van der Waals surface area (Å²) in [6.45, 7) is 5.64. The van der Waals surface area contributed by atoms with Crippen molar-refractivity contribution < 1.29 is 0 Å². The third-order valence-electron chi connectivity index (χ3n) is 6.07. The molecular formula is C24H29ClN4O. The van der Waals surface area contributed by atoms with Crippen LogP contribution in [0.2, 0.25) is 5.02 Å². The minimum atomic E-state index is 0.0579. The van der Waals surface area contributed by atoms with Crippen LogP contribution in [0, 0.1) is 6.92 Å². The molecule has 1 atom stereocenters. The number of aromatic nitrogens is 2. The Kier molecular flexibility index (Phi) is 6.42. The Bertz CT molecular complexity index is 1040. The van der Waals surface area contributed by atoms with Crippen molar-refractivity contribution in [3.05, 3.63) is 86.8 Å². The van der Waals surface area contributed by atoms with Gasteiger partial charge in [0.1, 0.15) is 0 Å². The van der Waals surface area contributed by atoms with Crippen LogP contribution in [0.1, 0.15) is 29.7 Å². The number of piperidine rings is 1. The van der Waals surface area contributed by atoms with E-state index in [2.05, 4.69) is 22.3 Å². The number of hydrogen-bond donors (Lipinski definition) is 1. The maximum atomic E-state index is 13.1. The van der Waals surface area contributed by atoms with Crippen molar-refractivity contribution in [2.24, 2.45) is 7.05 Å². The molecule has 0 spiro atoms. The largest absolute Gasteiger partial charge is 0.308 e. The molecule has 1 aliphatic rings. The average Bonchev–Trinajstić information content (AvgIpc) is 2.97. The molecule has 3 aromatic rings. The van der Waals surface area contributed by atoms with Gasteiger partial charge in [-0.15, -0.1) is 0 Å². The van der Waals surface area contributed by atoms with Crippen LogP contribution in [0.15, 0.2) is 59.4 Å². The predicted molar refractivity (Wildman–Crippen MR) is 122 cm³/mol. The van der Waals surface area contributed by atoms with Crippen LogP contribution in [0.3, 0.4) is 0 Å². The van der Waals surface area contributed by atoms with E-state index in [-0.39, 0.29) is 5.56 Å². The third kappa shape index (κ3) is 4.53. The molecule has 0 radical (unpaired) electrons. The third-order valence-corrected chi connectivity index (χ3v) is 6.32. The van der Waals surface area contributed by atoms with E-state index in [0.717, 1.165) is 54.4 Å². The lowest BCUT2D eigenvalue weighted by Gasteiger charge is -2.33. The molecular weight excluding hydrogens is 396 g/mol. The number of benzene rings is 2. The van der Waals surface area contributed by atoms with Crippen LogP contribution >= 0.6 is 11.6 Å². The first-order chi connectivity index (χ1) is 14.5. The molecule has 0 bridgehead atoms. The second kappa shape index (κ2) is 9.21.